The minimum absolute atomic E-state index is 0.479. The van der Waals surface area contributed by atoms with Gasteiger partial charge in [-0.05, 0) is 74.2 Å². The third-order valence-corrected chi connectivity index (χ3v) is 4.57. The van der Waals surface area contributed by atoms with Crippen LogP contribution in [0.2, 0.25) is 0 Å². The second kappa shape index (κ2) is 7.28. The lowest BCUT2D eigenvalue weighted by Crippen LogP contribution is -2.26. The van der Waals surface area contributed by atoms with Crippen molar-refractivity contribution < 1.29 is 9.47 Å². The van der Waals surface area contributed by atoms with Crippen molar-refractivity contribution in [3.63, 3.8) is 0 Å². The summed E-state index contributed by atoms with van der Waals surface area (Å²) in [5.41, 5.74) is 2.91. The zero-order valence-electron chi connectivity index (χ0n) is 13.1. The summed E-state index contributed by atoms with van der Waals surface area (Å²) in [7, 11) is 1.74. The number of nitrogens with one attached hydrogen (secondary N) is 1. The molecule has 0 saturated heterocycles. The maximum Gasteiger partial charge on any atom is 0.119 e. The van der Waals surface area contributed by atoms with E-state index in [4.69, 9.17) is 9.47 Å². The molecule has 3 rings (SSSR count). The Labute approximate surface area is 128 Å². The highest BCUT2D eigenvalue weighted by atomic mass is 16.5. The first-order chi connectivity index (χ1) is 10.4. The van der Waals surface area contributed by atoms with Gasteiger partial charge in [-0.1, -0.05) is 6.07 Å². The molecule has 1 N–H and O–H groups in total. The van der Waals surface area contributed by atoms with Crippen molar-refractivity contribution in [2.24, 2.45) is 5.92 Å². The lowest BCUT2D eigenvalue weighted by molar-refractivity contribution is 0.121. The standard InChI is InChI=1S/C18H27NO2/c1-20-16-9-8-15-4-2-5-18(17(15)12-16)19-10-3-11-21-13-14-6-7-14/h8-9,12,14,18-19H,2-7,10-11,13H2,1H3. The van der Waals surface area contributed by atoms with Gasteiger partial charge in [0, 0.05) is 19.3 Å². The Morgan fingerprint density at radius 2 is 2.14 bits per heavy atom. The largest absolute Gasteiger partial charge is 0.497 e. The molecule has 0 bridgehead atoms. The van der Waals surface area contributed by atoms with Gasteiger partial charge in [0.25, 0.3) is 0 Å². The summed E-state index contributed by atoms with van der Waals surface area (Å²) in [5.74, 6) is 1.84. The van der Waals surface area contributed by atoms with Crippen molar-refractivity contribution in [2.45, 2.75) is 44.6 Å². The zero-order chi connectivity index (χ0) is 14.5. The number of hydrogen-bond donors (Lipinski definition) is 1. The number of methoxy groups -OCH3 is 1. The van der Waals surface area contributed by atoms with Crippen molar-refractivity contribution in [3.8, 4) is 5.75 Å². The molecule has 3 heteroatoms. The van der Waals surface area contributed by atoms with Gasteiger partial charge in [0.2, 0.25) is 0 Å². The lowest BCUT2D eigenvalue weighted by Gasteiger charge is -2.27. The summed E-state index contributed by atoms with van der Waals surface area (Å²) in [6.45, 7) is 2.90. The molecule has 2 aliphatic carbocycles. The van der Waals surface area contributed by atoms with Gasteiger partial charge in [-0.25, -0.2) is 0 Å². The van der Waals surface area contributed by atoms with Crippen LogP contribution in [-0.4, -0.2) is 26.9 Å². The van der Waals surface area contributed by atoms with Crippen molar-refractivity contribution in [1.29, 1.82) is 0 Å². The molecule has 1 atom stereocenters. The fraction of sp³-hybridized carbons (Fsp3) is 0.667. The molecular formula is C18H27NO2. The smallest absolute Gasteiger partial charge is 0.119 e. The predicted octanol–water partition coefficient (Wildman–Crippen LogP) is 3.48. The maximum atomic E-state index is 5.69. The molecule has 3 nitrogen and oxygen atoms in total. The summed E-state index contributed by atoms with van der Waals surface area (Å²) in [6, 6.07) is 6.98. The van der Waals surface area contributed by atoms with Crippen LogP contribution in [0.3, 0.4) is 0 Å². The average Bonchev–Trinajstić information content (AvgIpc) is 3.34. The van der Waals surface area contributed by atoms with Gasteiger partial charge in [0.15, 0.2) is 0 Å². The molecular weight excluding hydrogens is 262 g/mol. The van der Waals surface area contributed by atoms with Crippen LogP contribution in [0.25, 0.3) is 0 Å². The maximum absolute atomic E-state index is 5.69. The molecule has 1 fully saturated rings. The molecule has 0 aromatic heterocycles. The predicted molar refractivity (Wildman–Crippen MR) is 84.8 cm³/mol. The molecule has 116 valence electrons. The van der Waals surface area contributed by atoms with Gasteiger partial charge in [0.1, 0.15) is 5.75 Å². The topological polar surface area (TPSA) is 30.5 Å². The van der Waals surface area contributed by atoms with Gasteiger partial charge < -0.3 is 14.8 Å². The lowest BCUT2D eigenvalue weighted by atomic mass is 9.87. The number of benzene rings is 1. The monoisotopic (exact) mass is 289 g/mol. The minimum Gasteiger partial charge on any atom is -0.497 e. The number of ether oxygens (including phenoxy) is 2. The van der Waals surface area contributed by atoms with Crippen LogP contribution in [-0.2, 0) is 11.2 Å². The van der Waals surface area contributed by atoms with Crippen molar-refractivity contribution in [3.05, 3.63) is 29.3 Å². The molecule has 0 spiro atoms. The molecule has 21 heavy (non-hydrogen) atoms. The van der Waals surface area contributed by atoms with Crippen LogP contribution < -0.4 is 10.1 Å². The van der Waals surface area contributed by atoms with E-state index in [0.717, 1.165) is 37.8 Å². The molecule has 2 aliphatic rings. The molecule has 1 unspecified atom stereocenters. The Kier molecular flexibility index (Phi) is 5.15. The SMILES string of the molecule is COc1ccc2c(c1)C(NCCCOCC1CC1)CCC2. The van der Waals surface area contributed by atoms with Gasteiger partial charge >= 0.3 is 0 Å². The molecule has 1 saturated carbocycles. The summed E-state index contributed by atoms with van der Waals surface area (Å²) in [4.78, 5) is 0. The number of fused-ring (bicyclic) bond motifs is 1. The van der Waals surface area contributed by atoms with E-state index in [1.807, 2.05) is 0 Å². The van der Waals surface area contributed by atoms with Crippen LogP contribution in [0.1, 0.15) is 49.3 Å². The molecule has 1 aromatic carbocycles. The number of aryl methyl sites for hydroxylation is 1. The van der Waals surface area contributed by atoms with Gasteiger partial charge in [0.05, 0.1) is 7.11 Å². The van der Waals surface area contributed by atoms with Crippen molar-refractivity contribution >= 4 is 0 Å². The van der Waals surface area contributed by atoms with Gasteiger partial charge in [-0.2, -0.15) is 0 Å². The Bertz CT molecular complexity index is 457. The summed E-state index contributed by atoms with van der Waals surface area (Å²) in [6.07, 6.45) is 7.54. The van der Waals surface area contributed by atoms with Crippen LogP contribution in [0.15, 0.2) is 18.2 Å². The van der Waals surface area contributed by atoms with E-state index in [2.05, 4.69) is 23.5 Å². The normalized spacial score (nSPS) is 21.1. The number of rotatable bonds is 8. The van der Waals surface area contributed by atoms with Crippen LogP contribution in [0.4, 0.5) is 0 Å². The molecule has 0 amide bonds. The Morgan fingerprint density at radius 1 is 1.24 bits per heavy atom. The fourth-order valence-corrected chi connectivity index (χ4v) is 3.10. The quantitative estimate of drug-likeness (QED) is 0.743. The fourth-order valence-electron chi connectivity index (χ4n) is 3.10. The van der Waals surface area contributed by atoms with E-state index < -0.39 is 0 Å². The first-order valence-electron chi connectivity index (χ1n) is 8.35. The van der Waals surface area contributed by atoms with E-state index in [9.17, 15) is 0 Å². The van der Waals surface area contributed by atoms with E-state index in [0.29, 0.717) is 6.04 Å². The highest BCUT2D eigenvalue weighted by Gasteiger charge is 2.21. The second-order valence-electron chi connectivity index (χ2n) is 6.34. The minimum atomic E-state index is 0.479. The highest BCUT2D eigenvalue weighted by molar-refractivity contribution is 5.39. The molecule has 0 aliphatic heterocycles. The third kappa shape index (κ3) is 4.21. The molecule has 0 heterocycles. The molecule has 0 radical (unpaired) electrons. The van der Waals surface area contributed by atoms with E-state index >= 15 is 0 Å². The van der Waals surface area contributed by atoms with Crippen LogP contribution in [0.5, 0.6) is 5.75 Å². The second-order valence-corrected chi connectivity index (χ2v) is 6.34. The van der Waals surface area contributed by atoms with E-state index in [1.165, 1.54) is 43.2 Å². The number of hydrogen-bond acceptors (Lipinski definition) is 3. The average molecular weight is 289 g/mol. The Balaban J connectivity index is 1.45. The Hall–Kier alpha value is -1.06. The first kappa shape index (κ1) is 14.9. The van der Waals surface area contributed by atoms with Crippen molar-refractivity contribution in [2.75, 3.05) is 26.9 Å². The van der Waals surface area contributed by atoms with E-state index in [-0.39, 0.29) is 0 Å². The summed E-state index contributed by atoms with van der Waals surface area (Å²) in [5, 5.41) is 3.70. The van der Waals surface area contributed by atoms with Crippen LogP contribution in [0, 0.1) is 5.92 Å². The zero-order valence-corrected chi connectivity index (χ0v) is 13.1. The summed E-state index contributed by atoms with van der Waals surface area (Å²) < 4.78 is 11.1. The highest BCUT2D eigenvalue weighted by Crippen LogP contribution is 2.32. The van der Waals surface area contributed by atoms with Gasteiger partial charge in [-0.3, -0.25) is 0 Å². The first-order valence-corrected chi connectivity index (χ1v) is 8.35. The summed E-state index contributed by atoms with van der Waals surface area (Å²) >= 11 is 0. The molecule has 1 aromatic rings. The van der Waals surface area contributed by atoms with Crippen LogP contribution >= 0.6 is 0 Å². The van der Waals surface area contributed by atoms with E-state index in [1.54, 1.807) is 7.11 Å². The van der Waals surface area contributed by atoms with Gasteiger partial charge in [-0.15, -0.1) is 0 Å². The third-order valence-electron chi connectivity index (χ3n) is 4.57. The Morgan fingerprint density at radius 3 is 2.95 bits per heavy atom. The van der Waals surface area contributed by atoms with Crippen molar-refractivity contribution in [1.82, 2.24) is 5.32 Å².